The zero-order valence-corrected chi connectivity index (χ0v) is 12.5. The van der Waals surface area contributed by atoms with E-state index in [-0.39, 0.29) is 11.2 Å². The van der Waals surface area contributed by atoms with E-state index in [1.807, 2.05) is 38.1 Å². The quantitative estimate of drug-likeness (QED) is 0.489. The van der Waals surface area contributed by atoms with Crippen LogP contribution in [0.3, 0.4) is 0 Å². The van der Waals surface area contributed by atoms with Crippen molar-refractivity contribution < 1.29 is 4.79 Å². The average Bonchev–Trinajstić information content (AvgIpc) is 2.75. The molecule has 1 aliphatic rings. The molecule has 0 unspecified atom stereocenters. The molecule has 3 aromatic rings. The number of aryl methyl sites for hydroxylation is 2. The van der Waals surface area contributed by atoms with Crippen molar-refractivity contribution in [2.75, 3.05) is 0 Å². The van der Waals surface area contributed by atoms with Crippen LogP contribution in [0.5, 0.6) is 0 Å². The van der Waals surface area contributed by atoms with Crippen molar-refractivity contribution in [2.45, 2.75) is 13.8 Å². The highest BCUT2D eigenvalue weighted by atomic mass is 32.1. The second-order valence-corrected chi connectivity index (χ2v) is 6.49. The van der Waals surface area contributed by atoms with Gasteiger partial charge in [0, 0.05) is 15.6 Å². The molecular formula is C18H12O2S. The second kappa shape index (κ2) is 4.12. The van der Waals surface area contributed by atoms with Crippen LogP contribution in [0, 0.1) is 13.8 Å². The van der Waals surface area contributed by atoms with Crippen LogP contribution in [0.4, 0.5) is 0 Å². The highest BCUT2D eigenvalue weighted by molar-refractivity contribution is 7.21. The molecule has 0 amide bonds. The maximum Gasteiger partial charge on any atom is 0.204 e. The summed E-state index contributed by atoms with van der Waals surface area (Å²) in [5.74, 6) is -0.0235. The fourth-order valence-electron chi connectivity index (χ4n) is 3.08. The van der Waals surface area contributed by atoms with Gasteiger partial charge in [-0.2, -0.15) is 0 Å². The molecule has 4 rings (SSSR count). The lowest BCUT2D eigenvalue weighted by Gasteiger charge is -2.06. The smallest absolute Gasteiger partial charge is 0.204 e. The second-order valence-electron chi connectivity index (χ2n) is 5.47. The zero-order valence-electron chi connectivity index (χ0n) is 11.7. The van der Waals surface area contributed by atoms with Crippen molar-refractivity contribution >= 4 is 27.2 Å². The van der Waals surface area contributed by atoms with Crippen LogP contribution in [0.25, 0.3) is 21.2 Å². The summed E-state index contributed by atoms with van der Waals surface area (Å²) in [6.45, 7) is 3.98. The topological polar surface area (TPSA) is 34.1 Å². The van der Waals surface area contributed by atoms with Crippen molar-refractivity contribution in [2.24, 2.45) is 0 Å². The minimum atomic E-state index is -0.0242. The Bertz CT molecular complexity index is 996. The Morgan fingerprint density at radius 3 is 2.43 bits per heavy atom. The Kier molecular flexibility index (Phi) is 2.45. The molecule has 0 radical (unpaired) electrons. The molecule has 1 aromatic heterocycles. The third kappa shape index (κ3) is 1.58. The third-order valence-electron chi connectivity index (χ3n) is 3.97. The average molecular weight is 292 g/mol. The molecule has 3 heteroatoms. The van der Waals surface area contributed by atoms with Gasteiger partial charge >= 0.3 is 0 Å². The molecule has 0 aliphatic heterocycles. The molecule has 0 saturated heterocycles. The van der Waals surface area contributed by atoms with Gasteiger partial charge in [-0.1, -0.05) is 35.9 Å². The highest BCUT2D eigenvalue weighted by Crippen LogP contribution is 2.39. The van der Waals surface area contributed by atoms with Gasteiger partial charge in [0.2, 0.25) is 5.78 Å². The van der Waals surface area contributed by atoms with Gasteiger partial charge in [0.25, 0.3) is 0 Å². The van der Waals surface area contributed by atoms with Crippen LogP contribution in [0.2, 0.25) is 0 Å². The summed E-state index contributed by atoms with van der Waals surface area (Å²) >= 11 is 1.44. The molecule has 1 aliphatic carbocycles. The summed E-state index contributed by atoms with van der Waals surface area (Å²) < 4.78 is 0.922. The molecule has 0 fully saturated rings. The summed E-state index contributed by atoms with van der Waals surface area (Å²) in [5.41, 5.74) is 4.10. The zero-order chi connectivity index (χ0) is 14.7. The van der Waals surface area contributed by atoms with E-state index in [0.29, 0.717) is 16.0 Å². The SMILES string of the molecule is Cc1cc(C)c2sc3c(c(=O)c2c1)-c1ccccc1C3=O. The van der Waals surface area contributed by atoms with Crippen molar-refractivity contribution in [3.63, 3.8) is 0 Å². The molecule has 1 heterocycles. The van der Waals surface area contributed by atoms with E-state index in [9.17, 15) is 9.59 Å². The van der Waals surface area contributed by atoms with E-state index in [1.165, 1.54) is 11.3 Å². The van der Waals surface area contributed by atoms with E-state index in [4.69, 9.17) is 0 Å². The Labute approximate surface area is 125 Å². The Balaban J connectivity index is 2.23. The van der Waals surface area contributed by atoms with Gasteiger partial charge < -0.3 is 0 Å². The molecule has 0 N–H and O–H groups in total. The molecule has 2 aromatic carbocycles. The monoisotopic (exact) mass is 292 g/mol. The van der Waals surface area contributed by atoms with Gasteiger partial charge in [0.05, 0.1) is 10.4 Å². The fourth-order valence-corrected chi connectivity index (χ4v) is 4.27. The lowest BCUT2D eigenvalue weighted by atomic mass is 10.0. The predicted octanol–water partition coefficient (Wildman–Crippen LogP) is 4.09. The molecule has 0 atom stereocenters. The normalized spacial score (nSPS) is 12.6. The first-order chi connectivity index (χ1) is 10.1. The first-order valence-electron chi connectivity index (χ1n) is 6.80. The van der Waals surface area contributed by atoms with Gasteiger partial charge in [-0.25, -0.2) is 0 Å². The van der Waals surface area contributed by atoms with E-state index in [1.54, 1.807) is 6.07 Å². The molecule has 21 heavy (non-hydrogen) atoms. The number of fused-ring (bicyclic) bond motifs is 4. The van der Waals surface area contributed by atoms with Crippen LogP contribution in [-0.2, 0) is 0 Å². The van der Waals surface area contributed by atoms with Gasteiger partial charge in [0.1, 0.15) is 0 Å². The van der Waals surface area contributed by atoms with Gasteiger partial charge in [-0.15, -0.1) is 11.3 Å². The summed E-state index contributed by atoms with van der Waals surface area (Å²) in [7, 11) is 0. The van der Waals surface area contributed by atoms with Crippen molar-refractivity contribution in [1.82, 2.24) is 0 Å². The standard InChI is InChI=1S/C18H12O2S/c1-9-7-10(2)17-13(8-9)15(19)14-11-5-3-4-6-12(11)16(20)18(14)21-17/h3-8H,1-2H3. The maximum atomic E-state index is 12.9. The number of carbonyl (C=O) groups excluding carboxylic acids is 1. The van der Waals surface area contributed by atoms with Crippen molar-refractivity contribution in [1.29, 1.82) is 0 Å². The largest absolute Gasteiger partial charge is 0.288 e. The summed E-state index contributed by atoms with van der Waals surface area (Å²) in [6.07, 6.45) is 0. The molecule has 0 saturated carbocycles. The number of benzene rings is 2. The summed E-state index contributed by atoms with van der Waals surface area (Å²) in [4.78, 5) is 26.0. The minimum absolute atomic E-state index is 0.0235. The number of hydrogen-bond acceptors (Lipinski definition) is 3. The molecule has 102 valence electrons. The van der Waals surface area contributed by atoms with Gasteiger partial charge in [0.15, 0.2) is 5.43 Å². The minimum Gasteiger partial charge on any atom is -0.288 e. The van der Waals surface area contributed by atoms with Crippen LogP contribution < -0.4 is 5.43 Å². The van der Waals surface area contributed by atoms with Crippen molar-refractivity contribution in [3.05, 3.63) is 68.2 Å². The lowest BCUT2D eigenvalue weighted by molar-refractivity contribution is 0.104. The Morgan fingerprint density at radius 1 is 0.952 bits per heavy atom. The fraction of sp³-hybridized carbons (Fsp3) is 0.111. The van der Waals surface area contributed by atoms with Gasteiger partial charge in [-0.3, -0.25) is 9.59 Å². The third-order valence-corrected chi connectivity index (χ3v) is 5.31. The van der Waals surface area contributed by atoms with Crippen LogP contribution in [-0.4, -0.2) is 5.78 Å². The van der Waals surface area contributed by atoms with Crippen molar-refractivity contribution in [3.8, 4) is 11.1 Å². The Morgan fingerprint density at radius 2 is 1.67 bits per heavy atom. The van der Waals surface area contributed by atoms with Gasteiger partial charge in [-0.05, 0) is 31.0 Å². The van der Waals surface area contributed by atoms with E-state index in [2.05, 4.69) is 6.07 Å². The molecule has 2 nitrogen and oxygen atoms in total. The number of hydrogen-bond donors (Lipinski definition) is 0. The van der Waals surface area contributed by atoms with E-state index >= 15 is 0 Å². The first kappa shape index (κ1) is 12.5. The van der Waals surface area contributed by atoms with Crippen LogP contribution in [0.1, 0.15) is 26.4 Å². The van der Waals surface area contributed by atoms with Crippen LogP contribution in [0.15, 0.2) is 41.2 Å². The first-order valence-corrected chi connectivity index (χ1v) is 7.62. The molecular weight excluding hydrogens is 280 g/mol. The number of rotatable bonds is 0. The van der Waals surface area contributed by atoms with E-state index in [0.717, 1.165) is 26.8 Å². The predicted molar refractivity (Wildman–Crippen MR) is 86.4 cm³/mol. The molecule has 0 spiro atoms. The van der Waals surface area contributed by atoms with Crippen LogP contribution >= 0.6 is 11.3 Å². The molecule has 0 bridgehead atoms. The summed E-state index contributed by atoms with van der Waals surface area (Å²) in [6, 6.07) is 11.3. The number of ketones is 1. The lowest BCUT2D eigenvalue weighted by Crippen LogP contribution is -2.06. The maximum absolute atomic E-state index is 12.9. The highest BCUT2D eigenvalue weighted by Gasteiger charge is 2.30. The summed E-state index contributed by atoms with van der Waals surface area (Å²) in [5, 5.41) is 0.723. The van der Waals surface area contributed by atoms with E-state index < -0.39 is 0 Å². The Hall–Kier alpha value is -2.26. The number of carbonyl (C=O) groups is 1.